The van der Waals surface area contributed by atoms with Gasteiger partial charge in [0, 0.05) is 11.1 Å². The maximum atomic E-state index is 14.3. The molecular weight excluding hydrogens is 533 g/mol. The van der Waals surface area contributed by atoms with Crippen molar-refractivity contribution < 1.29 is 49.1 Å². The average Bonchev–Trinajstić information content (AvgIpc) is 2.81. The Morgan fingerprint density at radius 3 is 1.89 bits per heavy atom. The van der Waals surface area contributed by atoms with Gasteiger partial charge >= 0.3 is 30.3 Å². The Morgan fingerprint density at radius 1 is 0.816 bits per heavy atom. The number of pyridine rings is 1. The lowest BCUT2D eigenvalue weighted by molar-refractivity contribution is -0.169. The minimum Gasteiger partial charge on any atom is -0.302 e. The van der Waals surface area contributed by atoms with Gasteiger partial charge in [-0.05, 0) is 13.0 Å². The summed E-state index contributed by atoms with van der Waals surface area (Å²) in [6, 6.07) is 11.5. The summed E-state index contributed by atoms with van der Waals surface area (Å²) in [4.78, 5) is 29.9. The number of halogens is 9. The molecular formula is C24H14F9N3O2. The van der Waals surface area contributed by atoms with Crippen LogP contribution in [0.5, 0.6) is 0 Å². The number of aliphatic imine (C=N–C) groups is 1. The van der Waals surface area contributed by atoms with Crippen LogP contribution in [0.3, 0.4) is 0 Å². The molecule has 0 spiro atoms. The van der Waals surface area contributed by atoms with Crippen LogP contribution >= 0.6 is 0 Å². The highest BCUT2D eigenvalue weighted by Crippen LogP contribution is 2.39. The first kappa shape index (κ1) is 28.3. The normalized spacial score (nSPS) is 12.8. The summed E-state index contributed by atoms with van der Waals surface area (Å²) in [5.41, 5.74) is -4.96. The smallest absolute Gasteiger partial charge is 0.302 e. The highest BCUT2D eigenvalue weighted by Gasteiger charge is 2.44. The van der Waals surface area contributed by atoms with Crippen LogP contribution in [0.2, 0.25) is 0 Å². The quantitative estimate of drug-likeness (QED) is 0.299. The predicted molar refractivity (Wildman–Crippen MR) is 117 cm³/mol. The summed E-state index contributed by atoms with van der Waals surface area (Å²) in [5, 5.41) is 1.20. The van der Waals surface area contributed by atoms with Crippen molar-refractivity contribution in [3.63, 3.8) is 0 Å². The zero-order chi connectivity index (χ0) is 28.5. The van der Waals surface area contributed by atoms with Crippen LogP contribution in [0.15, 0.2) is 65.7 Å². The number of nitrogens with one attached hydrogen (secondary N) is 1. The molecule has 0 aliphatic heterocycles. The van der Waals surface area contributed by atoms with Crippen molar-refractivity contribution in [2.45, 2.75) is 25.5 Å². The molecule has 0 aliphatic carbocycles. The zero-order valence-corrected chi connectivity index (χ0v) is 18.9. The van der Waals surface area contributed by atoms with E-state index in [0.717, 1.165) is 12.1 Å². The van der Waals surface area contributed by atoms with Crippen molar-refractivity contribution in [2.75, 3.05) is 5.32 Å². The molecule has 0 fully saturated rings. The van der Waals surface area contributed by atoms with Gasteiger partial charge in [0.2, 0.25) is 0 Å². The number of rotatable bonds is 4. The third-order valence-corrected chi connectivity index (χ3v) is 4.90. The van der Waals surface area contributed by atoms with Gasteiger partial charge in [0.05, 0.1) is 22.5 Å². The van der Waals surface area contributed by atoms with Crippen LogP contribution in [0.4, 0.5) is 45.3 Å². The van der Waals surface area contributed by atoms with Crippen molar-refractivity contribution in [1.29, 1.82) is 0 Å². The third kappa shape index (κ3) is 6.55. The molecule has 14 heteroatoms. The van der Waals surface area contributed by atoms with Gasteiger partial charge in [-0.1, -0.05) is 60.2 Å². The molecule has 3 rings (SSSR count). The molecule has 0 atom stereocenters. The molecule has 0 bridgehead atoms. The second kappa shape index (κ2) is 10.3. The Hall–Kier alpha value is -4.23. The topological polar surface area (TPSA) is 71.4 Å². The van der Waals surface area contributed by atoms with Crippen molar-refractivity contribution in [2.24, 2.45) is 4.99 Å². The van der Waals surface area contributed by atoms with Gasteiger partial charge in [-0.25, -0.2) is 9.98 Å². The van der Waals surface area contributed by atoms with Gasteiger partial charge in [-0.2, -0.15) is 39.5 Å². The van der Waals surface area contributed by atoms with E-state index in [1.807, 2.05) is 0 Å². The lowest BCUT2D eigenvalue weighted by Crippen LogP contribution is -2.32. The van der Waals surface area contributed by atoms with E-state index in [0.29, 0.717) is 11.6 Å². The minimum atomic E-state index is -5.64. The van der Waals surface area contributed by atoms with Gasteiger partial charge in [-0.3, -0.25) is 9.59 Å². The number of hydrogen-bond acceptors (Lipinski definition) is 3. The van der Waals surface area contributed by atoms with E-state index in [1.54, 1.807) is 6.92 Å². The van der Waals surface area contributed by atoms with Crippen LogP contribution in [0.1, 0.15) is 22.3 Å². The predicted octanol–water partition coefficient (Wildman–Crippen LogP) is 6.50. The molecule has 1 N–H and O–H groups in total. The molecule has 38 heavy (non-hydrogen) atoms. The Bertz CT molecular complexity index is 1380. The molecule has 3 aromatic rings. The van der Waals surface area contributed by atoms with Crippen molar-refractivity contribution in [1.82, 2.24) is 4.98 Å². The molecule has 5 nitrogen and oxygen atoms in total. The monoisotopic (exact) mass is 547 g/mol. The second-order valence-corrected chi connectivity index (χ2v) is 7.72. The number of nitrogens with zero attached hydrogens (tertiary/aromatic N) is 2. The fraction of sp³-hybridized carbons (Fsp3) is 0.167. The lowest BCUT2D eigenvalue weighted by atomic mass is 9.95. The molecule has 0 unspecified atom stereocenters. The number of anilines is 1. The van der Waals surface area contributed by atoms with Crippen molar-refractivity contribution in [3.05, 3.63) is 82.9 Å². The highest BCUT2D eigenvalue weighted by molar-refractivity contribution is 6.21. The SMILES string of the molecule is Cc1ccc(-c2cc(C(F)(F)F)c(C(=NC(=O)C(F)(F)F)c3ccccc3)c(NC(=O)C(F)(F)F)n2)cc1. The number of alkyl halides is 9. The molecule has 0 saturated carbocycles. The van der Waals surface area contributed by atoms with Crippen LogP contribution in [0, 0.1) is 6.92 Å². The number of carbonyl (C=O) groups excluding carboxylic acids is 2. The Balaban J connectivity index is 2.46. The molecule has 1 aromatic heterocycles. The van der Waals surface area contributed by atoms with E-state index in [4.69, 9.17) is 0 Å². The third-order valence-electron chi connectivity index (χ3n) is 4.90. The molecule has 0 radical (unpaired) electrons. The average molecular weight is 547 g/mol. The summed E-state index contributed by atoms with van der Waals surface area (Å²) >= 11 is 0. The van der Waals surface area contributed by atoms with Crippen molar-refractivity contribution in [3.8, 4) is 11.3 Å². The second-order valence-electron chi connectivity index (χ2n) is 7.72. The van der Waals surface area contributed by atoms with Gasteiger partial charge in [0.1, 0.15) is 5.82 Å². The number of aryl methyl sites for hydroxylation is 1. The molecule has 200 valence electrons. The van der Waals surface area contributed by atoms with E-state index in [1.165, 1.54) is 47.8 Å². The fourth-order valence-corrected chi connectivity index (χ4v) is 3.18. The highest BCUT2D eigenvalue weighted by atomic mass is 19.4. The van der Waals surface area contributed by atoms with Crippen LogP contribution in [0.25, 0.3) is 11.3 Å². The maximum absolute atomic E-state index is 14.3. The van der Waals surface area contributed by atoms with E-state index in [9.17, 15) is 49.1 Å². The maximum Gasteiger partial charge on any atom is 0.473 e. The Morgan fingerprint density at radius 2 is 1.39 bits per heavy atom. The number of benzene rings is 2. The van der Waals surface area contributed by atoms with E-state index < -0.39 is 64.3 Å². The van der Waals surface area contributed by atoms with E-state index in [-0.39, 0.29) is 5.56 Å². The largest absolute Gasteiger partial charge is 0.473 e. The summed E-state index contributed by atoms with van der Waals surface area (Å²) in [5.74, 6) is -6.99. The molecule has 0 saturated heterocycles. The molecule has 0 aliphatic rings. The number of hydrogen-bond donors (Lipinski definition) is 1. The van der Waals surface area contributed by atoms with Crippen LogP contribution < -0.4 is 5.32 Å². The van der Waals surface area contributed by atoms with Crippen LogP contribution in [-0.2, 0) is 15.8 Å². The van der Waals surface area contributed by atoms with Crippen LogP contribution in [-0.4, -0.2) is 34.9 Å². The Kier molecular flexibility index (Phi) is 7.65. The summed E-state index contributed by atoms with van der Waals surface area (Å²) in [6.45, 7) is 1.65. The fourth-order valence-electron chi connectivity index (χ4n) is 3.18. The Labute approximate surface area is 208 Å². The number of amides is 2. The summed E-state index contributed by atoms with van der Waals surface area (Å²) in [7, 11) is 0. The van der Waals surface area contributed by atoms with E-state index >= 15 is 0 Å². The van der Waals surface area contributed by atoms with Gasteiger partial charge in [0.15, 0.2) is 0 Å². The lowest BCUT2D eigenvalue weighted by Gasteiger charge is -2.21. The van der Waals surface area contributed by atoms with Gasteiger partial charge in [0.25, 0.3) is 0 Å². The minimum absolute atomic E-state index is 0.0141. The molecule has 2 aromatic carbocycles. The standard InChI is InChI=1S/C24H14F9N3O2/c1-12-7-9-13(10-8-12)16-11-15(22(25,26)27)17(19(34-16)36-21(38)24(31,32)33)18(14-5-3-2-4-6-14)35-20(37)23(28,29)30/h2-11H,1H3,(H,34,36,38). The zero-order valence-electron chi connectivity index (χ0n) is 18.9. The first-order chi connectivity index (χ1) is 17.5. The van der Waals surface area contributed by atoms with Gasteiger partial charge in [-0.15, -0.1) is 0 Å². The van der Waals surface area contributed by atoms with E-state index in [2.05, 4.69) is 9.98 Å². The summed E-state index contributed by atoms with van der Waals surface area (Å²) < 4.78 is 121. The molecule has 2 amide bonds. The molecule has 1 heterocycles. The first-order valence-electron chi connectivity index (χ1n) is 10.3. The van der Waals surface area contributed by atoms with Gasteiger partial charge < -0.3 is 5.32 Å². The van der Waals surface area contributed by atoms with Crippen molar-refractivity contribution >= 4 is 23.3 Å². The number of aromatic nitrogens is 1. The number of carbonyl (C=O) groups is 2. The summed E-state index contributed by atoms with van der Waals surface area (Å²) in [6.07, 6.45) is -16.7. The first-order valence-corrected chi connectivity index (χ1v) is 10.3.